The lowest BCUT2D eigenvalue weighted by Gasteiger charge is -2.31. The van der Waals surface area contributed by atoms with Gasteiger partial charge in [0, 0.05) is 19.0 Å². The van der Waals surface area contributed by atoms with E-state index in [1.165, 1.54) is 25.1 Å². The summed E-state index contributed by atoms with van der Waals surface area (Å²) in [5.74, 6) is -1.84. The second-order valence-corrected chi connectivity index (χ2v) is 6.26. The van der Waals surface area contributed by atoms with Crippen LogP contribution >= 0.6 is 0 Å². The maximum atomic E-state index is 11.4. The second kappa shape index (κ2) is 8.62. The third-order valence-corrected chi connectivity index (χ3v) is 4.65. The van der Waals surface area contributed by atoms with E-state index in [1.807, 2.05) is 0 Å². The maximum Gasteiger partial charge on any atom is 0.335 e. The number of nitrogens with zero attached hydrogens (tertiary/aromatic N) is 1. The van der Waals surface area contributed by atoms with Gasteiger partial charge in [0.15, 0.2) is 0 Å². The van der Waals surface area contributed by atoms with Gasteiger partial charge in [-0.1, -0.05) is 6.07 Å². The summed E-state index contributed by atoms with van der Waals surface area (Å²) in [6.45, 7) is 4.64. The lowest BCUT2D eigenvalue weighted by molar-refractivity contribution is -0.130. The van der Waals surface area contributed by atoms with E-state index in [2.05, 4.69) is 10.2 Å². The molecule has 2 heterocycles. The van der Waals surface area contributed by atoms with E-state index < -0.39 is 11.9 Å². The van der Waals surface area contributed by atoms with E-state index in [-0.39, 0.29) is 16.7 Å². The molecule has 0 aliphatic carbocycles. The first-order chi connectivity index (χ1) is 11.9. The number of carbonyl (C=O) groups is 3. The SMILES string of the molecule is Cc1c(C(=O)O)cccc1C(=O)O.O=C1CCCN1C1CCNCC1. The standard InChI is InChI=1S/C9H16N2O.C9H8O4/c12-9-2-1-7-11(9)8-3-5-10-6-4-8;1-5-6(8(10)11)3-2-4-7(5)9(12)13/h8,10H,1-7H2;2-4H,1H3,(H,10,11)(H,12,13). The molecule has 1 amide bonds. The minimum Gasteiger partial charge on any atom is -0.478 e. The van der Waals surface area contributed by atoms with Crippen LogP contribution in [0.4, 0.5) is 0 Å². The van der Waals surface area contributed by atoms with Crippen LogP contribution < -0.4 is 5.32 Å². The van der Waals surface area contributed by atoms with Crippen molar-refractivity contribution in [1.82, 2.24) is 10.2 Å². The van der Waals surface area contributed by atoms with Gasteiger partial charge in [-0.05, 0) is 57.0 Å². The highest BCUT2D eigenvalue weighted by atomic mass is 16.4. The summed E-state index contributed by atoms with van der Waals surface area (Å²) in [4.78, 5) is 34.7. The molecule has 3 rings (SSSR count). The zero-order valence-electron chi connectivity index (χ0n) is 14.3. The van der Waals surface area contributed by atoms with Crippen molar-refractivity contribution in [2.45, 2.75) is 38.6 Å². The molecule has 0 radical (unpaired) electrons. The Morgan fingerprint density at radius 3 is 2.12 bits per heavy atom. The van der Waals surface area contributed by atoms with Crippen molar-refractivity contribution in [3.63, 3.8) is 0 Å². The van der Waals surface area contributed by atoms with Crippen molar-refractivity contribution >= 4 is 17.8 Å². The van der Waals surface area contributed by atoms with E-state index >= 15 is 0 Å². The number of amides is 1. The molecule has 2 aliphatic rings. The van der Waals surface area contributed by atoms with Gasteiger partial charge in [0.1, 0.15) is 0 Å². The van der Waals surface area contributed by atoms with Crippen molar-refractivity contribution in [3.8, 4) is 0 Å². The summed E-state index contributed by atoms with van der Waals surface area (Å²) in [7, 11) is 0. The maximum absolute atomic E-state index is 11.4. The Kier molecular flexibility index (Phi) is 6.52. The molecule has 2 fully saturated rings. The Morgan fingerprint density at radius 2 is 1.68 bits per heavy atom. The first-order valence-electron chi connectivity index (χ1n) is 8.48. The zero-order chi connectivity index (χ0) is 18.4. The number of aromatic carboxylic acids is 2. The van der Waals surface area contributed by atoms with Crippen LogP contribution in [0, 0.1) is 6.92 Å². The van der Waals surface area contributed by atoms with E-state index in [9.17, 15) is 14.4 Å². The second-order valence-electron chi connectivity index (χ2n) is 6.26. The fraction of sp³-hybridized carbons (Fsp3) is 0.500. The Balaban J connectivity index is 0.000000181. The predicted octanol–water partition coefficient (Wildman–Crippen LogP) is 1.75. The van der Waals surface area contributed by atoms with Crippen molar-refractivity contribution < 1.29 is 24.6 Å². The van der Waals surface area contributed by atoms with Crippen LogP contribution in [-0.2, 0) is 4.79 Å². The zero-order valence-corrected chi connectivity index (χ0v) is 14.3. The molecular weight excluding hydrogens is 324 g/mol. The average molecular weight is 348 g/mol. The molecule has 0 saturated carbocycles. The van der Waals surface area contributed by atoms with Crippen LogP contribution in [0.5, 0.6) is 0 Å². The van der Waals surface area contributed by atoms with Crippen molar-refractivity contribution in [3.05, 3.63) is 34.9 Å². The summed E-state index contributed by atoms with van der Waals surface area (Å²) in [5.41, 5.74) is 0.335. The number of hydrogen-bond acceptors (Lipinski definition) is 4. The topological polar surface area (TPSA) is 107 Å². The molecule has 2 aliphatic heterocycles. The quantitative estimate of drug-likeness (QED) is 0.768. The number of carbonyl (C=O) groups excluding carboxylic acids is 1. The first-order valence-corrected chi connectivity index (χ1v) is 8.48. The number of hydrogen-bond donors (Lipinski definition) is 3. The monoisotopic (exact) mass is 348 g/mol. The van der Waals surface area contributed by atoms with Crippen LogP contribution in [0.1, 0.15) is 52.0 Å². The van der Waals surface area contributed by atoms with Crippen LogP contribution in [0.3, 0.4) is 0 Å². The van der Waals surface area contributed by atoms with Crippen LogP contribution in [-0.4, -0.2) is 58.6 Å². The number of benzene rings is 1. The molecule has 1 aromatic carbocycles. The first kappa shape index (κ1) is 18.9. The van der Waals surface area contributed by atoms with Crippen LogP contribution in [0.25, 0.3) is 0 Å². The van der Waals surface area contributed by atoms with Crippen molar-refractivity contribution in [2.24, 2.45) is 0 Å². The van der Waals surface area contributed by atoms with Gasteiger partial charge >= 0.3 is 11.9 Å². The Morgan fingerprint density at radius 1 is 1.12 bits per heavy atom. The Bertz CT molecular complexity index is 621. The largest absolute Gasteiger partial charge is 0.478 e. The highest BCUT2D eigenvalue weighted by Crippen LogP contribution is 2.19. The van der Waals surface area contributed by atoms with Gasteiger partial charge in [-0.3, -0.25) is 4.79 Å². The van der Waals surface area contributed by atoms with Gasteiger partial charge in [-0.15, -0.1) is 0 Å². The number of piperidine rings is 1. The highest BCUT2D eigenvalue weighted by molar-refractivity contribution is 5.96. The van der Waals surface area contributed by atoms with Gasteiger partial charge in [0.2, 0.25) is 5.91 Å². The third kappa shape index (κ3) is 4.79. The third-order valence-electron chi connectivity index (χ3n) is 4.65. The van der Waals surface area contributed by atoms with Gasteiger partial charge in [0.05, 0.1) is 11.1 Å². The number of carboxylic acids is 2. The predicted molar refractivity (Wildman–Crippen MR) is 91.9 cm³/mol. The van der Waals surface area contributed by atoms with Gasteiger partial charge in [0.25, 0.3) is 0 Å². The summed E-state index contributed by atoms with van der Waals surface area (Å²) in [6.07, 6.45) is 4.14. The molecule has 7 nitrogen and oxygen atoms in total. The highest BCUT2D eigenvalue weighted by Gasteiger charge is 2.28. The number of rotatable bonds is 3. The van der Waals surface area contributed by atoms with Crippen molar-refractivity contribution in [1.29, 1.82) is 0 Å². The number of nitrogens with one attached hydrogen (secondary N) is 1. The fourth-order valence-corrected chi connectivity index (χ4v) is 3.27. The van der Waals surface area contributed by atoms with Crippen molar-refractivity contribution in [2.75, 3.05) is 19.6 Å². The number of carboxylic acid groups (broad SMARTS) is 2. The summed E-state index contributed by atoms with van der Waals surface area (Å²) < 4.78 is 0. The van der Waals surface area contributed by atoms with E-state index in [1.54, 1.807) is 0 Å². The minimum atomic E-state index is -1.11. The molecule has 136 valence electrons. The molecular formula is C18H24N2O5. The smallest absolute Gasteiger partial charge is 0.335 e. The van der Waals surface area contributed by atoms with Gasteiger partial charge in [-0.2, -0.15) is 0 Å². The van der Waals surface area contributed by atoms with Crippen LogP contribution in [0.15, 0.2) is 18.2 Å². The molecule has 25 heavy (non-hydrogen) atoms. The van der Waals surface area contributed by atoms with E-state index in [4.69, 9.17) is 10.2 Å². The van der Waals surface area contributed by atoms with Gasteiger partial charge in [-0.25, -0.2) is 9.59 Å². The molecule has 3 N–H and O–H groups in total. The molecule has 1 aromatic rings. The molecule has 0 atom stereocenters. The summed E-state index contributed by atoms with van der Waals surface area (Å²) in [6, 6.07) is 4.72. The molecule has 0 aromatic heterocycles. The normalized spacial score (nSPS) is 17.8. The Hall–Kier alpha value is -2.41. The summed E-state index contributed by atoms with van der Waals surface area (Å²) >= 11 is 0. The molecule has 2 saturated heterocycles. The average Bonchev–Trinajstić information content (AvgIpc) is 3.02. The molecule has 0 spiro atoms. The minimum absolute atomic E-state index is 0.0277. The van der Waals surface area contributed by atoms with Gasteiger partial charge < -0.3 is 20.4 Å². The van der Waals surface area contributed by atoms with E-state index in [0.717, 1.165) is 45.3 Å². The lowest BCUT2D eigenvalue weighted by atomic mass is 10.0. The Labute approximate surface area is 146 Å². The summed E-state index contributed by atoms with van der Waals surface area (Å²) in [5, 5.41) is 20.7. The van der Waals surface area contributed by atoms with E-state index in [0.29, 0.717) is 11.9 Å². The van der Waals surface area contributed by atoms with Crippen LogP contribution in [0.2, 0.25) is 0 Å². The molecule has 0 unspecified atom stereocenters. The molecule has 0 bridgehead atoms. The lowest BCUT2D eigenvalue weighted by Crippen LogP contribution is -2.43. The molecule has 7 heteroatoms. The number of likely N-dealkylation sites (tertiary alicyclic amines) is 1. The fourth-order valence-electron chi connectivity index (χ4n) is 3.27.